The summed E-state index contributed by atoms with van der Waals surface area (Å²) < 4.78 is 5.99. The predicted molar refractivity (Wildman–Crippen MR) is 132 cm³/mol. The molecule has 1 aliphatic heterocycles. The number of aryl methyl sites for hydroxylation is 2. The number of carbonyl (C=O) groups is 3. The number of rotatable bonds is 5. The van der Waals surface area contributed by atoms with Crippen LogP contribution >= 0.6 is 23.2 Å². The zero-order chi connectivity index (χ0) is 24.4. The minimum Gasteiger partial charge on any atom is -0.488 e. The fourth-order valence-corrected chi connectivity index (χ4v) is 3.75. The van der Waals surface area contributed by atoms with Crippen molar-refractivity contribution in [2.24, 2.45) is 0 Å². The number of urea groups is 1. The monoisotopic (exact) mass is 494 g/mol. The van der Waals surface area contributed by atoms with Gasteiger partial charge < -0.3 is 4.74 Å². The summed E-state index contributed by atoms with van der Waals surface area (Å²) in [6.45, 7) is 4.39. The first kappa shape index (κ1) is 23.5. The molecule has 0 aromatic heterocycles. The van der Waals surface area contributed by atoms with Crippen LogP contribution in [0.25, 0.3) is 6.08 Å². The van der Waals surface area contributed by atoms with E-state index < -0.39 is 17.8 Å². The lowest BCUT2D eigenvalue weighted by molar-refractivity contribution is -0.122. The van der Waals surface area contributed by atoms with Gasteiger partial charge in [0.05, 0.1) is 15.7 Å². The zero-order valence-corrected chi connectivity index (χ0v) is 19.9. The van der Waals surface area contributed by atoms with E-state index in [-0.39, 0.29) is 21.3 Å². The quantitative estimate of drug-likeness (QED) is 0.356. The lowest BCUT2D eigenvalue weighted by atomic mass is 10.1. The van der Waals surface area contributed by atoms with Crippen LogP contribution in [-0.4, -0.2) is 17.8 Å². The molecule has 1 N–H and O–H groups in total. The number of barbiturate groups is 1. The molecule has 8 heteroatoms. The van der Waals surface area contributed by atoms with E-state index in [1.54, 1.807) is 24.3 Å². The molecule has 0 aliphatic carbocycles. The largest absolute Gasteiger partial charge is 0.488 e. The van der Waals surface area contributed by atoms with Crippen molar-refractivity contribution in [1.29, 1.82) is 0 Å². The van der Waals surface area contributed by atoms with Crippen molar-refractivity contribution >= 4 is 52.8 Å². The Hall–Kier alpha value is -3.61. The van der Waals surface area contributed by atoms with Gasteiger partial charge in [-0.2, -0.15) is 0 Å². The van der Waals surface area contributed by atoms with Crippen molar-refractivity contribution < 1.29 is 19.1 Å². The number of carbonyl (C=O) groups excluding carboxylic acids is 3. The number of nitrogens with one attached hydrogen (secondary N) is 1. The van der Waals surface area contributed by atoms with Gasteiger partial charge in [-0.1, -0.05) is 59.6 Å². The van der Waals surface area contributed by atoms with Crippen LogP contribution in [0, 0.1) is 13.8 Å². The van der Waals surface area contributed by atoms with Gasteiger partial charge in [-0.15, -0.1) is 0 Å². The van der Waals surface area contributed by atoms with Gasteiger partial charge in [0, 0.05) is 5.56 Å². The fraction of sp³-hybridized carbons (Fsp3) is 0.115. The summed E-state index contributed by atoms with van der Waals surface area (Å²) in [7, 11) is 0. The predicted octanol–water partition coefficient (Wildman–Crippen LogP) is 5.86. The highest BCUT2D eigenvalue weighted by atomic mass is 35.5. The van der Waals surface area contributed by atoms with Crippen molar-refractivity contribution in [2.45, 2.75) is 20.5 Å². The molecule has 0 radical (unpaired) electrons. The molecule has 1 fully saturated rings. The maximum absolute atomic E-state index is 13.2. The number of ether oxygens (including phenoxy) is 1. The van der Waals surface area contributed by atoms with Crippen LogP contribution in [0.5, 0.6) is 5.75 Å². The van der Waals surface area contributed by atoms with E-state index in [0.29, 0.717) is 17.9 Å². The molecule has 0 unspecified atom stereocenters. The van der Waals surface area contributed by atoms with E-state index in [1.807, 2.05) is 26.0 Å². The number of nitrogens with zero attached hydrogens (tertiary/aromatic N) is 1. The van der Waals surface area contributed by atoms with E-state index in [4.69, 9.17) is 27.9 Å². The molecule has 1 aliphatic rings. The minimum absolute atomic E-state index is 0.173. The molecule has 172 valence electrons. The second kappa shape index (κ2) is 9.71. The first-order chi connectivity index (χ1) is 16.2. The summed E-state index contributed by atoms with van der Waals surface area (Å²) in [5, 5.41) is 2.64. The number of anilines is 1. The van der Waals surface area contributed by atoms with E-state index >= 15 is 0 Å². The van der Waals surface area contributed by atoms with Crippen LogP contribution in [0.15, 0.2) is 66.2 Å². The second-order valence-corrected chi connectivity index (χ2v) is 8.62. The number of amides is 4. The normalized spacial score (nSPS) is 15.0. The number of halogens is 2. The van der Waals surface area contributed by atoms with Crippen LogP contribution in [0.2, 0.25) is 10.0 Å². The molecule has 0 spiro atoms. The summed E-state index contributed by atoms with van der Waals surface area (Å²) in [5.41, 5.74) is 3.84. The number of hydrogen-bond acceptors (Lipinski definition) is 4. The Bertz CT molecular complexity index is 1350. The average molecular weight is 495 g/mol. The Balaban J connectivity index is 1.64. The van der Waals surface area contributed by atoms with E-state index in [0.717, 1.165) is 16.0 Å². The summed E-state index contributed by atoms with van der Waals surface area (Å²) >= 11 is 12.0. The van der Waals surface area contributed by atoms with Crippen molar-refractivity contribution in [3.8, 4) is 5.75 Å². The van der Waals surface area contributed by atoms with Gasteiger partial charge in [0.25, 0.3) is 11.8 Å². The molecule has 3 aromatic rings. The summed E-state index contributed by atoms with van der Waals surface area (Å²) in [6.07, 6.45) is 1.41. The molecule has 4 rings (SSSR count). The van der Waals surface area contributed by atoms with Crippen LogP contribution < -0.4 is 15.0 Å². The van der Waals surface area contributed by atoms with Gasteiger partial charge in [-0.3, -0.25) is 14.9 Å². The third-order valence-corrected chi connectivity index (χ3v) is 6.19. The molecule has 1 heterocycles. The highest BCUT2D eigenvalue weighted by Gasteiger charge is 2.37. The summed E-state index contributed by atoms with van der Waals surface area (Å²) in [4.78, 5) is 39.0. The van der Waals surface area contributed by atoms with Crippen LogP contribution in [0.1, 0.15) is 22.3 Å². The summed E-state index contributed by atoms with van der Waals surface area (Å²) in [5.74, 6) is -1.09. The topological polar surface area (TPSA) is 75.7 Å². The van der Waals surface area contributed by atoms with Gasteiger partial charge in [-0.25, -0.2) is 9.69 Å². The molecular formula is C26H20Cl2N2O4. The molecule has 0 saturated carbocycles. The standard InChI is InChI=1S/C26H20Cl2N2O4/c1-15-7-8-17(11-16(15)2)14-34-23-6-4-3-5-18(23)12-20-24(31)29-26(33)30(25(20)32)19-9-10-21(27)22(28)13-19/h3-13H,14H2,1-2H3,(H,29,31,33)/b20-12+. The average Bonchev–Trinajstić information content (AvgIpc) is 2.80. The molecule has 4 amide bonds. The zero-order valence-electron chi connectivity index (χ0n) is 18.4. The third kappa shape index (κ3) is 4.83. The Morgan fingerprint density at radius 1 is 0.912 bits per heavy atom. The van der Waals surface area contributed by atoms with E-state index in [1.165, 1.54) is 29.8 Å². The Morgan fingerprint density at radius 3 is 2.41 bits per heavy atom. The Labute approximate surface area is 206 Å². The number of benzene rings is 3. The molecule has 34 heavy (non-hydrogen) atoms. The molecule has 0 atom stereocenters. The Morgan fingerprint density at radius 2 is 1.68 bits per heavy atom. The van der Waals surface area contributed by atoms with Crippen molar-refractivity contribution in [1.82, 2.24) is 5.32 Å². The third-order valence-electron chi connectivity index (χ3n) is 5.45. The van der Waals surface area contributed by atoms with Crippen LogP contribution in [0.3, 0.4) is 0 Å². The maximum Gasteiger partial charge on any atom is 0.335 e. The van der Waals surface area contributed by atoms with Gasteiger partial charge in [0.2, 0.25) is 0 Å². The van der Waals surface area contributed by atoms with Crippen molar-refractivity contribution in [2.75, 3.05) is 4.90 Å². The first-order valence-corrected chi connectivity index (χ1v) is 11.1. The van der Waals surface area contributed by atoms with E-state index in [2.05, 4.69) is 11.4 Å². The van der Waals surface area contributed by atoms with Gasteiger partial charge in [0.15, 0.2) is 0 Å². The van der Waals surface area contributed by atoms with Crippen molar-refractivity contribution in [3.63, 3.8) is 0 Å². The van der Waals surface area contributed by atoms with E-state index in [9.17, 15) is 14.4 Å². The number of para-hydroxylation sites is 1. The minimum atomic E-state index is -0.871. The number of hydrogen-bond donors (Lipinski definition) is 1. The maximum atomic E-state index is 13.2. The Kier molecular flexibility index (Phi) is 6.72. The first-order valence-electron chi connectivity index (χ1n) is 10.4. The van der Waals surface area contributed by atoms with Gasteiger partial charge in [0.1, 0.15) is 17.9 Å². The second-order valence-electron chi connectivity index (χ2n) is 7.80. The fourth-order valence-electron chi connectivity index (χ4n) is 3.46. The van der Waals surface area contributed by atoms with Crippen molar-refractivity contribution in [3.05, 3.63) is 98.5 Å². The summed E-state index contributed by atoms with van der Waals surface area (Å²) in [6, 6.07) is 16.6. The lowest BCUT2D eigenvalue weighted by Gasteiger charge is -2.26. The van der Waals surface area contributed by atoms with Crippen LogP contribution in [-0.2, 0) is 16.2 Å². The number of imide groups is 2. The van der Waals surface area contributed by atoms with Crippen LogP contribution in [0.4, 0.5) is 10.5 Å². The molecule has 6 nitrogen and oxygen atoms in total. The molecular weight excluding hydrogens is 475 g/mol. The molecule has 3 aromatic carbocycles. The molecule has 1 saturated heterocycles. The lowest BCUT2D eigenvalue weighted by Crippen LogP contribution is -2.54. The smallest absolute Gasteiger partial charge is 0.335 e. The molecule has 0 bridgehead atoms. The van der Waals surface area contributed by atoms with Gasteiger partial charge >= 0.3 is 6.03 Å². The highest BCUT2D eigenvalue weighted by Crippen LogP contribution is 2.30. The van der Waals surface area contributed by atoms with Gasteiger partial charge in [-0.05, 0) is 60.9 Å². The SMILES string of the molecule is Cc1ccc(COc2ccccc2/C=C2\C(=O)NC(=O)N(c3ccc(Cl)c(Cl)c3)C2=O)cc1C. The highest BCUT2D eigenvalue weighted by molar-refractivity contribution is 6.43.